The smallest absolute Gasteiger partial charge is 0.270 e. The number of nitrogens with zero attached hydrogens (tertiary/aromatic N) is 1. The van der Waals surface area contributed by atoms with Gasteiger partial charge in [0.1, 0.15) is 31.4 Å². The van der Waals surface area contributed by atoms with Crippen molar-refractivity contribution in [2.75, 3.05) is 0 Å². The summed E-state index contributed by atoms with van der Waals surface area (Å²) in [5, 5.41) is 28.2. The molecule has 0 fully saturated rings. The van der Waals surface area contributed by atoms with Crippen molar-refractivity contribution in [2.24, 2.45) is 0 Å². The zero-order valence-corrected chi connectivity index (χ0v) is 10.4. The SMILES string of the molecule is BC(B)(O)c1cc([N+](=O)[O-])cc(C(B)(B)O)c1. The number of non-ortho nitro benzene ring substituents is 1. The predicted octanol–water partition coefficient (Wildman–Crippen LogP) is -3.67. The van der Waals surface area contributed by atoms with Gasteiger partial charge in [-0.1, -0.05) is 6.07 Å². The van der Waals surface area contributed by atoms with E-state index in [9.17, 15) is 20.3 Å². The van der Waals surface area contributed by atoms with Crippen LogP contribution in [0.5, 0.6) is 0 Å². The van der Waals surface area contributed by atoms with Crippen molar-refractivity contribution in [3.05, 3.63) is 39.4 Å². The minimum absolute atomic E-state index is 0.137. The van der Waals surface area contributed by atoms with Crippen LogP contribution in [-0.2, 0) is 10.8 Å². The normalized spacial score (nSPS) is 12.4. The van der Waals surface area contributed by atoms with E-state index in [0.717, 1.165) is 0 Å². The molecule has 2 N–H and O–H groups in total. The summed E-state index contributed by atoms with van der Waals surface area (Å²) in [4.78, 5) is 10.3. The van der Waals surface area contributed by atoms with Gasteiger partial charge in [-0.05, 0) is 11.1 Å². The molecule has 1 aromatic rings. The predicted molar refractivity (Wildman–Crippen MR) is 75.1 cm³/mol. The van der Waals surface area contributed by atoms with Gasteiger partial charge in [-0.25, -0.2) is 0 Å². The molecule has 0 saturated heterocycles. The number of hydrogen-bond donors (Lipinski definition) is 2. The Labute approximate surface area is 103 Å². The highest BCUT2D eigenvalue weighted by molar-refractivity contribution is 6.39. The zero-order valence-electron chi connectivity index (χ0n) is 10.4. The van der Waals surface area contributed by atoms with Gasteiger partial charge >= 0.3 is 0 Å². The third kappa shape index (κ3) is 3.38. The first-order valence-corrected chi connectivity index (χ1v) is 5.27. The summed E-state index contributed by atoms with van der Waals surface area (Å²) >= 11 is 0. The molecule has 0 aliphatic heterocycles. The molecule has 0 saturated carbocycles. The minimum atomic E-state index is -1.19. The molecule has 17 heavy (non-hydrogen) atoms. The Hall–Kier alpha value is -1.20. The van der Waals surface area contributed by atoms with E-state index >= 15 is 0 Å². The van der Waals surface area contributed by atoms with E-state index in [2.05, 4.69) is 0 Å². The van der Waals surface area contributed by atoms with E-state index in [1.54, 1.807) is 37.5 Å². The number of hydrogen-bond acceptors (Lipinski definition) is 4. The van der Waals surface area contributed by atoms with E-state index < -0.39 is 15.7 Å². The van der Waals surface area contributed by atoms with E-state index in [1.807, 2.05) is 0 Å². The Morgan fingerprint density at radius 2 is 1.35 bits per heavy atom. The molecule has 86 valence electrons. The molecule has 0 radical (unpaired) electrons. The van der Waals surface area contributed by atoms with Crippen molar-refractivity contribution in [3.8, 4) is 0 Å². The second kappa shape index (κ2) is 4.23. The fourth-order valence-corrected chi connectivity index (χ4v) is 1.42. The number of benzene rings is 1. The zero-order chi connectivity index (χ0) is 13.4. The molecule has 0 unspecified atom stereocenters. The number of nitro benzene ring substituents is 1. The van der Waals surface area contributed by atoms with Gasteiger partial charge in [0.05, 0.1) is 4.92 Å². The van der Waals surface area contributed by atoms with Crippen LogP contribution < -0.4 is 0 Å². The molecular weight excluding hydrogens is 217 g/mol. The molecule has 0 aliphatic rings. The highest BCUT2D eigenvalue weighted by Crippen LogP contribution is 2.26. The number of rotatable bonds is 3. The van der Waals surface area contributed by atoms with Crippen LogP contribution in [0.3, 0.4) is 0 Å². The number of nitro groups is 1. The van der Waals surface area contributed by atoms with Crippen LogP contribution in [0.15, 0.2) is 18.2 Å². The van der Waals surface area contributed by atoms with Crippen molar-refractivity contribution in [1.82, 2.24) is 0 Å². The fraction of sp³-hybridized carbons (Fsp3) is 0.250. The fourth-order valence-electron chi connectivity index (χ4n) is 1.42. The van der Waals surface area contributed by atoms with Crippen LogP contribution in [0.4, 0.5) is 5.69 Å². The van der Waals surface area contributed by atoms with Crippen LogP contribution in [0.25, 0.3) is 0 Å². The van der Waals surface area contributed by atoms with E-state index in [0.29, 0.717) is 11.1 Å². The van der Waals surface area contributed by atoms with Gasteiger partial charge in [0.15, 0.2) is 0 Å². The topological polar surface area (TPSA) is 83.6 Å². The van der Waals surface area contributed by atoms with Crippen molar-refractivity contribution in [3.63, 3.8) is 0 Å². The summed E-state index contributed by atoms with van der Waals surface area (Å²) in [5.74, 6) is 0. The first kappa shape index (κ1) is 13.9. The molecule has 0 spiro atoms. The lowest BCUT2D eigenvalue weighted by atomic mass is 9.58. The average Bonchev–Trinajstić information content (AvgIpc) is 2.14. The molecule has 0 heterocycles. The minimum Gasteiger partial charge on any atom is -0.403 e. The van der Waals surface area contributed by atoms with E-state index in [-0.39, 0.29) is 5.69 Å². The largest absolute Gasteiger partial charge is 0.403 e. The Morgan fingerprint density at radius 1 is 1.00 bits per heavy atom. The van der Waals surface area contributed by atoms with Crippen LogP contribution in [0.2, 0.25) is 0 Å². The van der Waals surface area contributed by atoms with Gasteiger partial charge in [0, 0.05) is 22.9 Å². The third-order valence-electron chi connectivity index (χ3n) is 2.54. The molecule has 5 nitrogen and oxygen atoms in total. The van der Waals surface area contributed by atoms with Crippen LogP contribution in [0.1, 0.15) is 11.1 Å². The summed E-state index contributed by atoms with van der Waals surface area (Å²) in [7, 11) is 6.17. The van der Waals surface area contributed by atoms with Crippen LogP contribution >= 0.6 is 0 Å². The Balaban J connectivity index is 3.45. The van der Waals surface area contributed by atoms with Gasteiger partial charge in [-0.2, -0.15) is 0 Å². The quantitative estimate of drug-likeness (QED) is 0.318. The average molecular weight is 230 g/mol. The van der Waals surface area contributed by atoms with Gasteiger partial charge in [0.2, 0.25) is 0 Å². The van der Waals surface area contributed by atoms with Gasteiger partial charge in [-0.15, -0.1) is 0 Å². The van der Waals surface area contributed by atoms with Crippen molar-refractivity contribution >= 4 is 37.1 Å². The lowest BCUT2D eigenvalue weighted by molar-refractivity contribution is -0.385. The molecule has 1 rings (SSSR count). The van der Waals surface area contributed by atoms with Crippen molar-refractivity contribution in [2.45, 2.75) is 10.8 Å². The second-order valence-electron chi connectivity index (χ2n) is 5.14. The summed E-state index contributed by atoms with van der Waals surface area (Å²) in [6, 6.07) is 4.21. The summed E-state index contributed by atoms with van der Waals surface area (Å²) in [5.41, 5.74) is 0.675. The van der Waals surface area contributed by atoms with E-state index in [4.69, 9.17) is 0 Å². The Kier molecular flexibility index (Phi) is 3.45. The van der Waals surface area contributed by atoms with Crippen LogP contribution in [0, 0.1) is 10.1 Å². The molecule has 0 aromatic heterocycles. The second-order valence-corrected chi connectivity index (χ2v) is 5.14. The summed E-state index contributed by atoms with van der Waals surface area (Å²) in [6.07, 6.45) is 0. The Morgan fingerprint density at radius 3 is 1.59 bits per heavy atom. The first-order valence-electron chi connectivity index (χ1n) is 5.27. The molecule has 9 heteroatoms. The molecule has 0 bridgehead atoms. The number of aliphatic hydroxyl groups is 2. The first-order chi connectivity index (χ1) is 7.51. The monoisotopic (exact) mass is 231 g/mol. The molecule has 0 atom stereocenters. The lowest BCUT2D eigenvalue weighted by Gasteiger charge is -2.23. The van der Waals surface area contributed by atoms with Crippen molar-refractivity contribution < 1.29 is 15.1 Å². The standard InChI is InChI=1S/C8H13B4NO4/c9-7(10,14)4-1-5(8(11,12)15)3-6(2-4)13(16)17/h1-3,14-15H,9-12H2. The molecular formula is C8H13B4NO4. The maximum atomic E-state index is 10.8. The molecule has 1 aromatic carbocycles. The van der Waals surface area contributed by atoms with Gasteiger partial charge in [0.25, 0.3) is 5.69 Å². The highest BCUT2D eigenvalue weighted by Gasteiger charge is 2.25. The maximum absolute atomic E-state index is 10.8. The van der Waals surface area contributed by atoms with Crippen LogP contribution in [-0.4, -0.2) is 46.5 Å². The summed E-state index contributed by atoms with van der Waals surface area (Å²) < 4.78 is 0. The van der Waals surface area contributed by atoms with Gasteiger partial charge < -0.3 is 10.2 Å². The molecule has 0 amide bonds. The highest BCUT2D eigenvalue weighted by atomic mass is 16.6. The van der Waals surface area contributed by atoms with E-state index in [1.165, 1.54) is 12.1 Å². The third-order valence-corrected chi connectivity index (χ3v) is 2.54. The van der Waals surface area contributed by atoms with Crippen molar-refractivity contribution in [1.29, 1.82) is 0 Å². The Bertz CT molecular complexity index is 420. The summed E-state index contributed by atoms with van der Waals surface area (Å²) in [6.45, 7) is 0. The maximum Gasteiger partial charge on any atom is 0.270 e. The van der Waals surface area contributed by atoms with Gasteiger partial charge in [-0.3, -0.25) is 10.1 Å². The lowest BCUT2D eigenvalue weighted by Crippen LogP contribution is -2.30. The molecule has 0 aliphatic carbocycles.